The molecule has 0 aliphatic carbocycles. The van der Waals surface area contributed by atoms with Gasteiger partial charge >= 0.3 is 0 Å². The Balaban J connectivity index is 1.91. The van der Waals surface area contributed by atoms with Crippen molar-refractivity contribution in [2.75, 3.05) is 11.9 Å². The van der Waals surface area contributed by atoms with Crippen molar-refractivity contribution < 1.29 is 4.74 Å². The number of hydrogen-bond acceptors (Lipinski definition) is 3. The molecule has 0 fully saturated rings. The van der Waals surface area contributed by atoms with Crippen LogP contribution in [0.3, 0.4) is 0 Å². The monoisotopic (exact) mass is 247 g/mol. The lowest BCUT2D eigenvalue weighted by Gasteiger charge is -2.08. The fraction of sp³-hybridized carbons (Fsp3) is 0.286. The molecular formula is C14H17NOS. The molecule has 0 spiro atoms. The van der Waals surface area contributed by atoms with Gasteiger partial charge in [0.25, 0.3) is 0 Å². The van der Waals surface area contributed by atoms with Gasteiger partial charge in [-0.2, -0.15) is 11.3 Å². The van der Waals surface area contributed by atoms with Gasteiger partial charge in [-0.25, -0.2) is 0 Å². The second-order valence-corrected chi connectivity index (χ2v) is 4.64. The first-order valence-electron chi connectivity index (χ1n) is 5.86. The maximum absolute atomic E-state index is 5.59. The standard InChI is InChI=1S/C14H17NOS/c1-2-7-16-14-5-3-4-13(9-14)15-10-12-6-8-17-11-12/h3-6,8-9,11,15H,2,7,10H2,1H3. The number of benzene rings is 1. The van der Waals surface area contributed by atoms with E-state index in [2.05, 4.69) is 35.1 Å². The van der Waals surface area contributed by atoms with E-state index in [4.69, 9.17) is 4.74 Å². The average molecular weight is 247 g/mol. The van der Waals surface area contributed by atoms with E-state index in [1.165, 1.54) is 5.56 Å². The number of nitrogens with one attached hydrogen (secondary N) is 1. The molecule has 90 valence electrons. The summed E-state index contributed by atoms with van der Waals surface area (Å²) in [5.74, 6) is 0.933. The van der Waals surface area contributed by atoms with Crippen LogP contribution in [-0.2, 0) is 6.54 Å². The first kappa shape index (κ1) is 12.0. The second kappa shape index (κ2) is 6.30. The number of hydrogen-bond donors (Lipinski definition) is 1. The summed E-state index contributed by atoms with van der Waals surface area (Å²) in [6.07, 6.45) is 1.03. The average Bonchev–Trinajstić information content (AvgIpc) is 2.87. The fourth-order valence-electron chi connectivity index (χ4n) is 1.51. The Morgan fingerprint density at radius 3 is 3.00 bits per heavy atom. The zero-order valence-electron chi connectivity index (χ0n) is 9.98. The smallest absolute Gasteiger partial charge is 0.121 e. The van der Waals surface area contributed by atoms with E-state index in [9.17, 15) is 0 Å². The lowest BCUT2D eigenvalue weighted by atomic mass is 10.2. The van der Waals surface area contributed by atoms with Crippen LogP contribution in [0.5, 0.6) is 5.75 Å². The molecule has 0 bridgehead atoms. The van der Waals surface area contributed by atoms with Gasteiger partial charge in [-0.1, -0.05) is 13.0 Å². The maximum Gasteiger partial charge on any atom is 0.121 e. The fourth-order valence-corrected chi connectivity index (χ4v) is 2.18. The van der Waals surface area contributed by atoms with Crippen molar-refractivity contribution in [3.05, 3.63) is 46.7 Å². The van der Waals surface area contributed by atoms with Crippen LogP contribution in [0.4, 0.5) is 5.69 Å². The Bertz CT molecular complexity index is 439. The molecule has 1 heterocycles. The van der Waals surface area contributed by atoms with Crippen LogP contribution >= 0.6 is 11.3 Å². The first-order valence-corrected chi connectivity index (χ1v) is 6.80. The van der Waals surface area contributed by atoms with Crippen LogP contribution in [0.1, 0.15) is 18.9 Å². The minimum absolute atomic E-state index is 0.772. The molecule has 1 aromatic heterocycles. The minimum Gasteiger partial charge on any atom is -0.494 e. The number of rotatable bonds is 6. The summed E-state index contributed by atoms with van der Waals surface area (Å²) in [5, 5.41) is 7.64. The molecular weight excluding hydrogens is 230 g/mol. The lowest BCUT2D eigenvalue weighted by Crippen LogP contribution is -1.99. The summed E-state index contributed by atoms with van der Waals surface area (Å²) in [7, 11) is 0. The lowest BCUT2D eigenvalue weighted by molar-refractivity contribution is 0.317. The molecule has 0 saturated carbocycles. The van der Waals surface area contributed by atoms with E-state index in [0.717, 1.165) is 31.0 Å². The van der Waals surface area contributed by atoms with Gasteiger partial charge in [-0.3, -0.25) is 0 Å². The minimum atomic E-state index is 0.772. The van der Waals surface area contributed by atoms with Gasteiger partial charge in [0.2, 0.25) is 0 Å². The molecule has 0 amide bonds. The zero-order chi connectivity index (χ0) is 11.9. The van der Waals surface area contributed by atoms with Crippen LogP contribution in [0.25, 0.3) is 0 Å². The molecule has 0 atom stereocenters. The van der Waals surface area contributed by atoms with Gasteiger partial charge in [0.05, 0.1) is 6.61 Å². The highest BCUT2D eigenvalue weighted by Crippen LogP contribution is 2.18. The summed E-state index contributed by atoms with van der Waals surface area (Å²) in [5.41, 5.74) is 2.42. The van der Waals surface area contributed by atoms with Gasteiger partial charge in [0.15, 0.2) is 0 Å². The van der Waals surface area contributed by atoms with Crippen molar-refractivity contribution in [3.8, 4) is 5.75 Å². The highest BCUT2D eigenvalue weighted by molar-refractivity contribution is 7.07. The molecule has 2 nitrogen and oxygen atoms in total. The van der Waals surface area contributed by atoms with E-state index < -0.39 is 0 Å². The van der Waals surface area contributed by atoms with Crippen molar-refractivity contribution in [2.45, 2.75) is 19.9 Å². The maximum atomic E-state index is 5.59. The quantitative estimate of drug-likeness (QED) is 0.828. The van der Waals surface area contributed by atoms with Crippen molar-refractivity contribution in [1.82, 2.24) is 0 Å². The summed E-state index contributed by atoms with van der Waals surface area (Å²) in [6, 6.07) is 10.2. The van der Waals surface area contributed by atoms with Crippen LogP contribution in [0, 0.1) is 0 Å². The Kier molecular flexibility index (Phi) is 4.45. The largest absolute Gasteiger partial charge is 0.494 e. The highest BCUT2D eigenvalue weighted by Gasteiger charge is 1.97. The Morgan fingerprint density at radius 1 is 1.29 bits per heavy atom. The predicted octanol–water partition coefficient (Wildman–Crippen LogP) is 4.15. The van der Waals surface area contributed by atoms with Gasteiger partial charge in [0.1, 0.15) is 5.75 Å². The second-order valence-electron chi connectivity index (χ2n) is 3.86. The Labute approximate surface area is 106 Å². The van der Waals surface area contributed by atoms with E-state index in [1.807, 2.05) is 18.2 Å². The van der Waals surface area contributed by atoms with Gasteiger partial charge in [-0.05, 0) is 40.9 Å². The molecule has 0 saturated heterocycles. The number of thiophene rings is 1. The number of ether oxygens (including phenoxy) is 1. The summed E-state index contributed by atoms with van der Waals surface area (Å²) in [4.78, 5) is 0. The van der Waals surface area contributed by atoms with Crippen molar-refractivity contribution in [1.29, 1.82) is 0 Å². The van der Waals surface area contributed by atoms with Gasteiger partial charge in [-0.15, -0.1) is 0 Å². The van der Waals surface area contributed by atoms with E-state index >= 15 is 0 Å². The predicted molar refractivity (Wildman–Crippen MR) is 73.9 cm³/mol. The molecule has 1 aromatic carbocycles. The van der Waals surface area contributed by atoms with Crippen LogP contribution < -0.4 is 10.1 Å². The SMILES string of the molecule is CCCOc1cccc(NCc2ccsc2)c1. The molecule has 0 aliphatic rings. The molecule has 0 unspecified atom stereocenters. The summed E-state index contributed by atoms with van der Waals surface area (Å²) in [6.45, 7) is 3.74. The van der Waals surface area contributed by atoms with Gasteiger partial charge < -0.3 is 10.1 Å². The first-order chi connectivity index (χ1) is 8.38. The Morgan fingerprint density at radius 2 is 2.24 bits per heavy atom. The molecule has 3 heteroatoms. The molecule has 0 radical (unpaired) electrons. The molecule has 2 aromatic rings. The topological polar surface area (TPSA) is 21.3 Å². The van der Waals surface area contributed by atoms with E-state index in [-0.39, 0.29) is 0 Å². The highest BCUT2D eigenvalue weighted by atomic mass is 32.1. The molecule has 17 heavy (non-hydrogen) atoms. The van der Waals surface area contributed by atoms with E-state index in [0.29, 0.717) is 0 Å². The van der Waals surface area contributed by atoms with Crippen molar-refractivity contribution in [2.24, 2.45) is 0 Å². The normalized spacial score (nSPS) is 10.2. The van der Waals surface area contributed by atoms with Crippen molar-refractivity contribution in [3.63, 3.8) is 0 Å². The van der Waals surface area contributed by atoms with Crippen LogP contribution in [0.2, 0.25) is 0 Å². The zero-order valence-corrected chi connectivity index (χ0v) is 10.8. The van der Waals surface area contributed by atoms with Crippen molar-refractivity contribution >= 4 is 17.0 Å². The summed E-state index contributed by atoms with van der Waals surface area (Å²) < 4.78 is 5.59. The third-order valence-corrected chi connectivity index (χ3v) is 3.12. The van der Waals surface area contributed by atoms with Gasteiger partial charge in [0, 0.05) is 18.3 Å². The molecule has 0 aliphatic heterocycles. The van der Waals surface area contributed by atoms with Crippen LogP contribution in [0.15, 0.2) is 41.1 Å². The van der Waals surface area contributed by atoms with Crippen LogP contribution in [-0.4, -0.2) is 6.61 Å². The third-order valence-electron chi connectivity index (χ3n) is 2.38. The van der Waals surface area contributed by atoms with E-state index in [1.54, 1.807) is 11.3 Å². The summed E-state index contributed by atoms with van der Waals surface area (Å²) >= 11 is 1.72. The molecule has 2 rings (SSSR count). The number of anilines is 1. The Hall–Kier alpha value is -1.48. The molecule has 1 N–H and O–H groups in total. The third kappa shape index (κ3) is 3.79.